The number of amides is 2. The van der Waals surface area contributed by atoms with Crippen LogP contribution in [0.3, 0.4) is 0 Å². The van der Waals surface area contributed by atoms with E-state index < -0.39 is 0 Å². The van der Waals surface area contributed by atoms with Crippen LogP contribution in [0.15, 0.2) is 47.6 Å². The van der Waals surface area contributed by atoms with Crippen molar-refractivity contribution in [2.45, 2.75) is 39.3 Å². The Labute approximate surface area is 210 Å². The fourth-order valence-electron chi connectivity index (χ4n) is 4.07. The summed E-state index contributed by atoms with van der Waals surface area (Å²) in [7, 11) is 1.61. The van der Waals surface area contributed by atoms with Crippen LogP contribution in [0, 0.1) is 0 Å². The second kappa shape index (κ2) is 11.6. The Bertz CT molecular complexity index is 1080. The van der Waals surface area contributed by atoms with Gasteiger partial charge >= 0.3 is 5.24 Å². The maximum atomic E-state index is 12.5. The molecule has 35 heavy (non-hydrogen) atoms. The van der Waals surface area contributed by atoms with Gasteiger partial charge in [-0.15, -0.1) is 0 Å². The van der Waals surface area contributed by atoms with Crippen LogP contribution in [0.1, 0.15) is 37.8 Å². The predicted octanol–water partition coefficient (Wildman–Crippen LogP) is 4.59. The van der Waals surface area contributed by atoms with Crippen LogP contribution < -0.4 is 14.8 Å². The van der Waals surface area contributed by atoms with Crippen molar-refractivity contribution in [2.75, 3.05) is 37.8 Å². The lowest BCUT2D eigenvalue weighted by Gasteiger charge is -2.24. The van der Waals surface area contributed by atoms with Crippen molar-refractivity contribution in [1.29, 1.82) is 0 Å². The topological polar surface area (TPSA) is 83.5 Å². The molecule has 1 N–H and O–H groups in total. The lowest BCUT2D eigenvalue weighted by Crippen LogP contribution is -2.31. The number of likely N-dealkylation sites (tertiary alicyclic amines) is 1. The number of hydrogen-bond donors (Lipinski definition) is 1. The second-order valence-electron chi connectivity index (χ2n) is 8.92. The number of nitrogens with zero attached hydrogens (tertiary/aromatic N) is 3. The zero-order valence-corrected chi connectivity index (χ0v) is 21.3. The number of hydrazone groups is 1. The van der Waals surface area contributed by atoms with E-state index in [0.717, 1.165) is 48.5 Å². The third-order valence-electron chi connectivity index (χ3n) is 5.78. The van der Waals surface area contributed by atoms with Crippen molar-refractivity contribution in [1.82, 2.24) is 9.91 Å². The maximum Gasteiger partial charge on any atom is 0.302 e. The van der Waals surface area contributed by atoms with Gasteiger partial charge in [0.15, 0.2) is 11.5 Å². The second-order valence-corrected chi connectivity index (χ2v) is 9.85. The Morgan fingerprint density at radius 3 is 2.54 bits per heavy atom. The van der Waals surface area contributed by atoms with Crippen LogP contribution in [-0.2, 0) is 11.3 Å². The number of nitrogens with one attached hydrogen (secondary N) is 1. The lowest BCUT2D eigenvalue weighted by atomic mass is 10.1. The van der Waals surface area contributed by atoms with Crippen LogP contribution in [0.4, 0.5) is 10.5 Å². The third kappa shape index (κ3) is 6.76. The van der Waals surface area contributed by atoms with E-state index >= 15 is 0 Å². The van der Waals surface area contributed by atoms with Gasteiger partial charge in [-0.25, -0.2) is 5.01 Å². The quantitative estimate of drug-likeness (QED) is 0.547. The van der Waals surface area contributed by atoms with E-state index in [1.165, 1.54) is 16.8 Å². The fourth-order valence-corrected chi connectivity index (χ4v) is 4.81. The molecule has 2 aromatic rings. The van der Waals surface area contributed by atoms with Crippen molar-refractivity contribution in [2.24, 2.45) is 5.10 Å². The minimum atomic E-state index is -0.0936. The van der Waals surface area contributed by atoms with E-state index in [1.54, 1.807) is 7.11 Å². The van der Waals surface area contributed by atoms with Crippen LogP contribution in [-0.4, -0.2) is 65.4 Å². The molecule has 0 unspecified atom stereocenters. The molecule has 8 nitrogen and oxygen atoms in total. The van der Waals surface area contributed by atoms with Gasteiger partial charge in [0.1, 0.15) is 0 Å². The van der Waals surface area contributed by atoms with Gasteiger partial charge in [-0.2, -0.15) is 5.10 Å². The number of anilines is 1. The Kier molecular flexibility index (Phi) is 8.30. The molecular formula is C26H32N4O4S. The van der Waals surface area contributed by atoms with Crippen molar-refractivity contribution in [3.8, 4) is 11.5 Å². The fraction of sp³-hybridized carbons (Fsp3) is 0.423. The molecule has 0 radical (unpaired) electrons. The lowest BCUT2D eigenvalue weighted by molar-refractivity contribution is -0.117. The molecule has 0 aliphatic carbocycles. The molecular weight excluding hydrogens is 464 g/mol. The summed E-state index contributed by atoms with van der Waals surface area (Å²) in [4.78, 5) is 27.0. The molecule has 0 aromatic heterocycles. The molecule has 1 fully saturated rings. The molecule has 0 saturated carbocycles. The van der Waals surface area contributed by atoms with Gasteiger partial charge in [0, 0.05) is 17.0 Å². The summed E-state index contributed by atoms with van der Waals surface area (Å²) in [5.74, 6) is 1.80. The van der Waals surface area contributed by atoms with Gasteiger partial charge in [0.25, 0.3) is 0 Å². The van der Waals surface area contributed by atoms with Gasteiger partial charge < -0.3 is 14.8 Å². The molecule has 4 rings (SSSR count). The summed E-state index contributed by atoms with van der Waals surface area (Å²) in [6.45, 7) is 6.67. The highest BCUT2D eigenvalue weighted by atomic mass is 32.2. The molecule has 2 aliphatic rings. The standard InChI is InChI=1S/C26H32N4O4S/c1-18(2)34-24-14-20(8-11-23(24)33-3)22-17-35-26(32)30(28-22)15-19-6-9-21(10-7-19)27-25(31)16-29-12-4-5-13-29/h6-11,14,18H,4-5,12-13,15-17H2,1-3H3,(H,27,31). The number of benzene rings is 2. The number of methoxy groups -OCH3 is 1. The summed E-state index contributed by atoms with van der Waals surface area (Å²) >= 11 is 1.23. The van der Waals surface area contributed by atoms with Gasteiger partial charge in [-0.1, -0.05) is 23.9 Å². The van der Waals surface area contributed by atoms with Crippen molar-refractivity contribution in [3.63, 3.8) is 0 Å². The van der Waals surface area contributed by atoms with E-state index in [9.17, 15) is 9.59 Å². The number of hydrogen-bond acceptors (Lipinski definition) is 7. The van der Waals surface area contributed by atoms with E-state index in [1.807, 2.05) is 56.3 Å². The van der Waals surface area contributed by atoms with E-state index in [0.29, 0.717) is 30.3 Å². The summed E-state index contributed by atoms with van der Waals surface area (Å²) in [6.07, 6.45) is 2.32. The van der Waals surface area contributed by atoms with Gasteiger partial charge in [-0.3, -0.25) is 14.5 Å². The van der Waals surface area contributed by atoms with Crippen LogP contribution in [0.25, 0.3) is 0 Å². The van der Waals surface area contributed by atoms with Gasteiger partial charge in [0.2, 0.25) is 5.91 Å². The summed E-state index contributed by atoms with van der Waals surface area (Å²) < 4.78 is 11.3. The molecule has 0 bridgehead atoms. The molecule has 0 atom stereocenters. The highest BCUT2D eigenvalue weighted by molar-refractivity contribution is 8.14. The van der Waals surface area contributed by atoms with Crippen molar-refractivity contribution >= 4 is 34.3 Å². The van der Waals surface area contributed by atoms with E-state index in [-0.39, 0.29) is 17.3 Å². The molecule has 2 aromatic carbocycles. The highest BCUT2D eigenvalue weighted by Crippen LogP contribution is 2.31. The van der Waals surface area contributed by atoms with Gasteiger partial charge in [-0.05, 0) is 75.7 Å². The summed E-state index contributed by atoms with van der Waals surface area (Å²) in [5.41, 5.74) is 3.37. The van der Waals surface area contributed by atoms with Crippen LogP contribution >= 0.6 is 11.8 Å². The molecule has 1 saturated heterocycles. The first-order valence-corrected chi connectivity index (χ1v) is 12.9. The number of ether oxygens (including phenoxy) is 2. The zero-order chi connectivity index (χ0) is 24.8. The molecule has 0 spiro atoms. The third-order valence-corrected chi connectivity index (χ3v) is 6.66. The Morgan fingerprint density at radius 1 is 1.11 bits per heavy atom. The smallest absolute Gasteiger partial charge is 0.302 e. The van der Waals surface area contributed by atoms with Crippen molar-refractivity contribution in [3.05, 3.63) is 53.6 Å². The first kappa shape index (κ1) is 25.1. The van der Waals surface area contributed by atoms with Crippen LogP contribution in [0.5, 0.6) is 11.5 Å². The average molecular weight is 497 g/mol. The Hall–Kier alpha value is -3.04. The minimum Gasteiger partial charge on any atom is -0.493 e. The molecule has 9 heteroatoms. The molecule has 186 valence electrons. The average Bonchev–Trinajstić information content (AvgIpc) is 3.34. The zero-order valence-electron chi connectivity index (χ0n) is 20.5. The first-order valence-electron chi connectivity index (χ1n) is 11.9. The van der Waals surface area contributed by atoms with E-state index in [2.05, 4.69) is 15.3 Å². The Balaban J connectivity index is 1.42. The van der Waals surface area contributed by atoms with Crippen LogP contribution in [0.2, 0.25) is 0 Å². The molecule has 2 heterocycles. The minimum absolute atomic E-state index is 0.00296. The number of thioether (sulfide) groups is 1. The molecule has 2 aliphatic heterocycles. The number of carbonyl (C=O) groups excluding carboxylic acids is 2. The number of rotatable bonds is 9. The highest BCUT2D eigenvalue weighted by Gasteiger charge is 2.23. The predicted molar refractivity (Wildman–Crippen MR) is 139 cm³/mol. The maximum absolute atomic E-state index is 12.5. The summed E-state index contributed by atoms with van der Waals surface area (Å²) in [5, 5.41) is 8.98. The monoisotopic (exact) mass is 496 g/mol. The Morgan fingerprint density at radius 2 is 1.86 bits per heavy atom. The van der Waals surface area contributed by atoms with E-state index in [4.69, 9.17) is 9.47 Å². The normalized spacial score (nSPS) is 16.4. The van der Waals surface area contributed by atoms with Gasteiger partial charge in [0.05, 0.1) is 32.0 Å². The van der Waals surface area contributed by atoms with Crippen molar-refractivity contribution < 1.29 is 19.1 Å². The SMILES string of the molecule is COc1ccc(C2=NN(Cc3ccc(NC(=O)CN4CCCC4)cc3)C(=O)SC2)cc1OC(C)C. The summed E-state index contributed by atoms with van der Waals surface area (Å²) in [6, 6.07) is 13.2. The molecule has 2 amide bonds. The number of carbonyl (C=O) groups is 2. The largest absolute Gasteiger partial charge is 0.493 e. The first-order chi connectivity index (χ1) is 16.9.